The number of halogens is 3. The van der Waals surface area contributed by atoms with Gasteiger partial charge in [0.1, 0.15) is 0 Å². The number of anilines is 1. The van der Waals surface area contributed by atoms with Gasteiger partial charge in [-0.15, -0.1) is 0 Å². The number of likely N-dealkylation sites (tertiary alicyclic amines) is 1. The van der Waals surface area contributed by atoms with Crippen LogP contribution in [0.25, 0.3) is 0 Å². The Kier molecular flexibility index (Phi) is 4.00. The molecular formula is C11H15F3N4. The number of nitrogens with one attached hydrogen (secondary N) is 1. The Morgan fingerprint density at radius 3 is 2.72 bits per heavy atom. The van der Waals surface area contributed by atoms with Gasteiger partial charge in [-0.05, 0) is 24.9 Å². The van der Waals surface area contributed by atoms with Crippen LogP contribution in [-0.4, -0.2) is 47.2 Å². The molecule has 1 aliphatic heterocycles. The largest absolute Gasteiger partial charge is 0.401 e. The van der Waals surface area contributed by atoms with Crippen molar-refractivity contribution in [3.63, 3.8) is 0 Å². The first-order chi connectivity index (χ1) is 8.53. The van der Waals surface area contributed by atoms with Crippen molar-refractivity contribution in [2.45, 2.75) is 12.6 Å². The van der Waals surface area contributed by atoms with E-state index >= 15 is 0 Å². The number of hydrogen-bond acceptors (Lipinski definition) is 4. The van der Waals surface area contributed by atoms with Crippen molar-refractivity contribution in [1.29, 1.82) is 0 Å². The lowest BCUT2D eigenvalue weighted by Crippen LogP contribution is -2.33. The summed E-state index contributed by atoms with van der Waals surface area (Å²) in [5.41, 5.74) is 0. The van der Waals surface area contributed by atoms with Gasteiger partial charge >= 0.3 is 6.18 Å². The predicted octanol–water partition coefficient (Wildman–Crippen LogP) is 1.77. The van der Waals surface area contributed by atoms with Crippen molar-refractivity contribution >= 4 is 5.95 Å². The molecule has 0 saturated carbocycles. The first-order valence-corrected chi connectivity index (χ1v) is 5.83. The van der Waals surface area contributed by atoms with Crippen LogP contribution in [0.3, 0.4) is 0 Å². The van der Waals surface area contributed by atoms with E-state index in [1.54, 1.807) is 18.5 Å². The standard InChI is InChI=1S/C11H15F3N4/c12-11(13,14)8-18-5-2-9(7-18)6-17-10-15-3-1-4-16-10/h1,3-4,9H,2,5-8H2,(H,15,16,17). The van der Waals surface area contributed by atoms with E-state index < -0.39 is 12.7 Å². The zero-order valence-corrected chi connectivity index (χ0v) is 9.82. The van der Waals surface area contributed by atoms with Gasteiger partial charge < -0.3 is 5.32 Å². The zero-order valence-electron chi connectivity index (χ0n) is 9.82. The lowest BCUT2D eigenvalue weighted by molar-refractivity contribution is -0.143. The molecule has 2 rings (SSSR count). The molecule has 0 aliphatic carbocycles. The molecule has 1 aromatic heterocycles. The van der Waals surface area contributed by atoms with Crippen LogP contribution < -0.4 is 5.32 Å². The molecule has 1 aromatic rings. The zero-order chi connectivity index (χ0) is 13.0. The average Bonchev–Trinajstić information content (AvgIpc) is 2.73. The summed E-state index contributed by atoms with van der Waals surface area (Å²) in [6, 6.07) is 1.71. The molecule has 1 fully saturated rings. The van der Waals surface area contributed by atoms with Crippen LogP contribution in [0.1, 0.15) is 6.42 Å². The minimum Gasteiger partial charge on any atom is -0.354 e. The first kappa shape index (κ1) is 13.1. The van der Waals surface area contributed by atoms with Gasteiger partial charge in [-0.2, -0.15) is 13.2 Å². The fraction of sp³-hybridized carbons (Fsp3) is 0.636. The van der Waals surface area contributed by atoms with E-state index in [0.29, 0.717) is 25.6 Å². The fourth-order valence-corrected chi connectivity index (χ4v) is 2.10. The minimum atomic E-state index is -4.11. The molecule has 0 radical (unpaired) electrons. The fourth-order valence-electron chi connectivity index (χ4n) is 2.10. The van der Waals surface area contributed by atoms with E-state index in [9.17, 15) is 13.2 Å². The van der Waals surface area contributed by atoms with E-state index in [4.69, 9.17) is 0 Å². The molecule has 7 heteroatoms. The topological polar surface area (TPSA) is 41.0 Å². The van der Waals surface area contributed by atoms with Gasteiger partial charge in [0.25, 0.3) is 0 Å². The quantitative estimate of drug-likeness (QED) is 0.895. The SMILES string of the molecule is FC(F)(F)CN1CCC(CNc2ncccn2)C1. The lowest BCUT2D eigenvalue weighted by atomic mass is 10.1. The maximum absolute atomic E-state index is 12.2. The Balaban J connectivity index is 1.73. The van der Waals surface area contributed by atoms with E-state index in [1.165, 1.54) is 4.90 Å². The third-order valence-corrected chi connectivity index (χ3v) is 2.89. The lowest BCUT2D eigenvalue weighted by Gasteiger charge is -2.17. The molecule has 0 bridgehead atoms. The third kappa shape index (κ3) is 4.14. The van der Waals surface area contributed by atoms with Crippen molar-refractivity contribution in [3.05, 3.63) is 18.5 Å². The van der Waals surface area contributed by atoms with Gasteiger partial charge in [0.15, 0.2) is 0 Å². The Hall–Kier alpha value is -1.37. The Bertz CT molecular complexity index is 368. The summed E-state index contributed by atoms with van der Waals surface area (Å²) >= 11 is 0. The summed E-state index contributed by atoms with van der Waals surface area (Å²) in [4.78, 5) is 9.45. The summed E-state index contributed by atoms with van der Waals surface area (Å²) in [5, 5.41) is 3.04. The summed E-state index contributed by atoms with van der Waals surface area (Å²) in [6.45, 7) is 0.768. The second-order valence-electron chi connectivity index (χ2n) is 4.46. The molecule has 0 spiro atoms. The monoisotopic (exact) mass is 260 g/mol. The summed E-state index contributed by atoms with van der Waals surface area (Å²) in [7, 11) is 0. The molecule has 0 aromatic carbocycles. The molecule has 1 saturated heterocycles. The average molecular weight is 260 g/mol. The molecule has 0 amide bonds. The summed E-state index contributed by atoms with van der Waals surface area (Å²) in [6.07, 6.45) is -0.0827. The molecule has 2 heterocycles. The van der Waals surface area contributed by atoms with E-state index in [-0.39, 0.29) is 5.92 Å². The maximum Gasteiger partial charge on any atom is 0.401 e. The number of aromatic nitrogens is 2. The smallest absolute Gasteiger partial charge is 0.354 e. The molecular weight excluding hydrogens is 245 g/mol. The molecule has 1 unspecified atom stereocenters. The van der Waals surface area contributed by atoms with Gasteiger partial charge in [0.2, 0.25) is 5.95 Å². The Morgan fingerprint density at radius 2 is 2.06 bits per heavy atom. The predicted molar refractivity (Wildman–Crippen MR) is 61.1 cm³/mol. The number of alkyl halides is 3. The number of nitrogens with zero attached hydrogens (tertiary/aromatic N) is 3. The molecule has 100 valence electrons. The maximum atomic E-state index is 12.2. The highest BCUT2D eigenvalue weighted by molar-refractivity contribution is 5.22. The van der Waals surface area contributed by atoms with Gasteiger partial charge in [-0.3, -0.25) is 4.90 Å². The van der Waals surface area contributed by atoms with Gasteiger partial charge in [-0.25, -0.2) is 9.97 Å². The second kappa shape index (κ2) is 5.51. The van der Waals surface area contributed by atoms with Crippen LogP contribution in [0.4, 0.5) is 19.1 Å². The highest BCUT2D eigenvalue weighted by Gasteiger charge is 2.34. The van der Waals surface area contributed by atoms with Crippen LogP contribution in [0.2, 0.25) is 0 Å². The van der Waals surface area contributed by atoms with E-state index in [0.717, 1.165) is 6.42 Å². The normalized spacial score (nSPS) is 21.2. The van der Waals surface area contributed by atoms with Crippen molar-refractivity contribution in [2.75, 3.05) is 31.5 Å². The second-order valence-corrected chi connectivity index (χ2v) is 4.46. The summed E-state index contributed by atoms with van der Waals surface area (Å²) < 4.78 is 36.6. The van der Waals surface area contributed by atoms with Gasteiger partial charge in [0.05, 0.1) is 6.54 Å². The number of hydrogen-bond donors (Lipinski definition) is 1. The van der Waals surface area contributed by atoms with Crippen molar-refractivity contribution in [3.8, 4) is 0 Å². The minimum absolute atomic E-state index is 0.219. The van der Waals surface area contributed by atoms with E-state index in [2.05, 4.69) is 15.3 Å². The number of rotatable bonds is 4. The third-order valence-electron chi connectivity index (χ3n) is 2.89. The van der Waals surface area contributed by atoms with Crippen LogP contribution in [-0.2, 0) is 0 Å². The van der Waals surface area contributed by atoms with Crippen molar-refractivity contribution in [1.82, 2.24) is 14.9 Å². The summed E-state index contributed by atoms with van der Waals surface area (Å²) in [5.74, 6) is 0.739. The van der Waals surface area contributed by atoms with Crippen LogP contribution in [0, 0.1) is 5.92 Å². The van der Waals surface area contributed by atoms with Crippen molar-refractivity contribution < 1.29 is 13.2 Å². The molecule has 18 heavy (non-hydrogen) atoms. The Labute approximate surface area is 103 Å². The molecule has 1 N–H and O–H groups in total. The van der Waals surface area contributed by atoms with Crippen LogP contribution >= 0.6 is 0 Å². The van der Waals surface area contributed by atoms with Crippen LogP contribution in [0.5, 0.6) is 0 Å². The molecule has 1 atom stereocenters. The van der Waals surface area contributed by atoms with Crippen molar-refractivity contribution in [2.24, 2.45) is 5.92 Å². The van der Waals surface area contributed by atoms with E-state index in [1.807, 2.05) is 0 Å². The van der Waals surface area contributed by atoms with Gasteiger partial charge in [0, 0.05) is 25.5 Å². The molecule has 1 aliphatic rings. The van der Waals surface area contributed by atoms with Gasteiger partial charge in [-0.1, -0.05) is 0 Å². The first-order valence-electron chi connectivity index (χ1n) is 5.83. The molecule has 4 nitrogen and oxygen atoms in total. The van der Waals surface area contributed by atoms with Crippen LogP contribution in [0.15, 0.2) is 18.5 Å². The highest BCUT2D eigenvalue weighted by atomic mass is 19.4. The highest BCUT2D eigenvalue weighted by Crippen LogP contribution is 2.22. The Morgan fingerprint density at radius 1 is 1.33 bits per heavy atom.